The van der Waals surface area contributed by atoms with Crippen LogP contribution in [0.5, 0.6) is 11.5 Å². The van der Waals surface area contributed by atoms with Crippen molar-refractivity contribution in [1.29, 1.82) is 0 Å². The van der Waals surface area contributed by atoms with Gasteiger partial charge in [-0.3, -0.25) is 14.5 Å². The first-order valence-corrected chi connectivity index (χ1v) is 10.8. The average Bonchev–Trinajstić information content (AvgIpc) is 2.98. The summed E-state index contributed by atoms with van der Waals surface area (Å²) in [5.41, 5.74) is 3.78. The van der Waals surface area contributed by atoms with Gasteiger partial charge in [-0.2, -0.15) is 0 Å². The van der Waals surface area contributed by atoms with Gasteiger partial charge in [-0.15, -0.1) is 0 Å². The van der Waals surface area contributed by atoms with Gasteiger partial charge in [-0.1, -0.05) is 30.3 Å². The maximum Gasteiger partial charge on any atom is 0.293 e. The Morgan fingerprint density at radius 1 is 1.13 bits per heavy atom. The molecule has 0 saturated carbocycles. The lowest BCUT2D eigenvalue weighted by molar-refractivity contribution is -0.123. The van der Waals surface area contributed by atoms with Crippen molar-refractivity contribution in [3.8, 4) is 11.5 Å². The quantitative estimate of drug-likeness (QED) is 0.689. The maximum absolute atomic E-state index is 12.9. The number of carbonyl (C=O) groups is 2. The van der Waals surface area contributed by atoms with E-state index < -0.39 is 5.60 Å². The Morgan fingerprint density at radius 2 is 1.83 bits per heavy atom. The molecule has 1 fully saturated rings. The maximum atomic E-state index is 12.9. The molecule has 5 nitrogen and oxygen atoms in total. The van der Waals surface area contributed by atoms with E-state index in [0.29, 0.717) is 17.1 Å². The summed E-state index contributed by atoms with van der Waals surface area (Å²) >= 11 is 0.966. The summed E-state index contributed by atoms with van der Waals surface area (Å²) in [7, 11) is 0. The molecule has 30 heavy (non-hydrogen) atoms. The molecule has 1 saturated heterocycles. The predicted octanol–water partition coefficient (Wildman–Crippen LogP) is 5.18. The predicted molar refractivity (Wildman–Crippen MR) is 118 cm³/mol. The highest BCUT2D eigenvalue weighted by Crippen LogP contribution is 2.45. The third kappa shape index (κ3) is 3.49. The van der Waals surface area contributed by atoms with Crippen molar-refractivity contribution >= 4 is 22.9 Å². The van der Waals surface area contributed by atoms with Gasteiger partial charge in [0.1, 0.15) is 17.1 Å². The number of rotatable bonds is 3. The Labute approximate surface area is 180 Å². The molecule has 0 aromatic heterocycles. The summed E-state index contributed by atoms with van der Waals surface area (Å²) in [6, 6.07) is 9.49. The van der Waals surface area contributed by atoms with Gasteiger partial charge in [-0.25, -0.2) is 0 Å². The third-order valence-corrected chi connectivity index (χ3v) is 6.95. The molecule has 1 unspecified atom stereocenters. The number of phenolic OH excluding ortho intramolecular Hbond substituents is 1. The molecule has 2 aliphatic heterocycles. The van der Waals surface area contributed by atoms with E-state index in [4.69, 9.17) is 4.74 Å². The molecule has 2 aromatic rings. The number of fused-ring (bicyclic) bond motifs is 1. The molecule has 4 rings (SSSR count). The zero-order valence-electron chi connectivity index (χ0n) is 17.6. The first kappa shape index (κ1) is 20.5. The van der Waals surface area contributed by atoms with Crippen LogP contribution >= 0.6 is 11.8 Å². The zero-order valence-corrected chi connectivity index (χ0v) is 18.4. The zero-order chi connectivity index (χ0) is 21.6. The van der Waals surface area contributed by atoms with Crippen LogP contribution in [0.3, 0.4) is 0 Å². The number of carbonyl (C=O) groups excluding carboxylic acids is 2. The van der Waals surface area contributed by atoms with Crippen LogP contribution < -0.4 is 4.74 Å². The summed E-state index contributed by atoms with van der Waals surface area (Å²) in [5.74, 6) is 0.816. The van der Waals surface area contributed by atoms with Gasteiger partial charge < -0.3 is 9.84 Å². The molecule has 0 radical (unpaired) electrons. The minimum Gasteiger partial charge on any atom is -0.507 e. The van der Waals surface area contributed by atoms with E-state index in [1.807, 2.05) is 58.0 Å². The Hall–Kier alpha value is -2.73. The number of nitrogens with zero attached hydrogens (tertiary/aromatic N) is 1. The van der Waals surface area contributed by atoms with Crippen LogP contribution in [0.15, 0.2) is 41.3 Å². The lowest BCUT2D eigenvalue weighted by atomic mass is 9.87. The largest absolute Gasteiger partial charge is 0.507 e. The number of imide groups is 1. The smallest absolute Gasteiger partial charge is 0.293 e. The minimum atomic E-state index is -0.700. The van der Waals surface area contributed by atoms with Crippen molar-refractivity contribution in [3.63, 3.8) is 0 Å². The third-order valence-electron chi connectivity index (χ3n) is 6.04. The first-order chi connectivity index (χ1) is 14.2. The Bertz CT molecular complexity index is 1080. The van der Waals surface area contributed by atoms with Crippen LogP contribution in [-0.2, 0) is 17.8 Å². The van der Waals surface area contributed by atoms with Crippen LogP contribution in [0.25, 0.3) is 0 Å². The molecule has 0 aliphatic carbocycles. The first-order valence-electron chi connectivity index (χ1n) is 10.0. The fourth-order valence-electron chi connectivity index (χ4n) is 4.05. The van der Waals surface area contributed by atoms with E-state index in [0.717, 1.165) is 51.7 Å². The van der Waals surface area contributed by atoms with Crippen molar-refractivity contribution in [3.05, 3.63) is 69.1 Å². The van der Waals surface area contributed by atoms with Gasteiger partial charge in [0, 0.05) is 5.56 Å². The molecule has 1 N–H and O–H groups in total. The van der Waals surface area contributed by atoms with Crippen molar-refractivity contribution in [2.75, 3.05) is 0 Å². The van der Waals surface area contributed by atoms with Crippen LogP contribution in [0, 0.1) is 20.8 Å². The molecular weight excluding hydrogens is 398 g/mol. The molecule has 2 aromatic carbocycles. The summed E-state index contributed by atoms with van der Waals surface area (Å²) in [6.07, 6.45) is 3.19. The van der Waals surface area contributed by atoms with E-state index in [1.54, 1.807) is 6.08 Å². The van der Waals surface area contributed by atoms with E-state index in [9.17, 15) is 14.7 Å². The minimum absolute atomic E-state index is 0.261. The second kappa shape index (κ2) is 7.51. The highest BCUT2D eigenvalue weighted by molar-refractivity contribution is 8.18. The number of hydrogen-bond acceptors (Lipinski definition) is 5. The van der Waals surface area contributed by atoms with Crippen molar-refractivity contribution in [2.45, 2.75) is 52.7 Å². The van der Waals surface area contributed by atoms with Gasteiger partial charge in [-0.05, 0) is 80.6 Å². The standard InChI is InChI=1S/C24H25NO4S/c1-14-15(2)21-18(16(3)20(14)26)10-11-24(4,29-21)12-19-22(27)25(23(28)30-19)13-17-8-6-5-7-9-17/h5-9,12,26H,10-11,13H2,1-4H3/b19-12-. The van der Waals surface area contributed by atoms with Crippen molar-refractivity contribution < 1.29 is 19.4 Å². The van der Waals surface area contributed by atoms with E-state index in [-0.39, 0.29) is 17.7 Å². The van der Waals surface area contributed by atoms with Crippen LogP contribution in [0.4, 0.5) is 4.79 Å². The van der Waals surface area contributed by atoms with Crippen molar-refractivity contribution in [1.82, 2.24) is 4.90 Å². The van der Waals surface area contributed by atoms with Gasteiger partial charge in [0.05, 0.1) is 11.4 Å². The number of hydrogen-bond donors (Lipinski definition) is 1. The second-order valence-corrected chi connectivity index (χ2v) is 9.19. The van der Waals surface area contributed by atoms with E-state index >= 15 is 0 Å². The Balaban J connectivity index is 1.61. The summed E-state index contributed by atoms with van der Waals surface area (Å²) < 4.78 is 6.38. The fourth-order valence-corrected chi connectivity index (χ4v) is 5.00. The molecule has 156 valence electrons. The van der Waals surface area contributed by atoms with Crippen molar-refractivity contribution in [2.24, 2.45) is 0 Å². The number of ether oxygens (including phenoxy) is 1. The summed E-state index contributed by atoms with van der Waals surface area (Å²) in [4.78, 5) is 27.1. The van der Waals surface area contributed by atoms with Gasteiger partial charge in [0.15, 0.2) is 0 Å². The number of phenols is 1. The molecular formula is C24H25NO4S. The summed E-state index contributed by atoms with van der Waals surface area (Å²) in [5, 5.41) is 10.1. The highest BCUT2D eigenvalue weighted by atomic mass is 32.2. The average molecular weight is 424 g/mol. The highest BCUT2D eigenvalue weighted by Gasteiger charge is 2.39. The monoisotopic (exact) mass is 423 g/mol. The fraction of sp³-hybridized carbons (Fsp3) is 0.333. The van der Waals surface area contributed by atoms with E-state index in [2.05, 4.69) is 0 Å². The second-order valence-electron chi connectivity index (χ2n) is 8.20. The SMILES string of the molecule is Cc1c(C)c2c(c(C)c1O)CCC(C)(/C=C1\SC(=O)N(Cc3ccccc3)C1=O)O2. The topological polar surface area (TPSA) is 66.8 Å². The van der Waals surface area contributed by atoms with Crippen LogP contribution in [0.1, 0.15) is 41.2 Å². The molecule has 2 amide bonds. The molecule has 2 aliphatic rings. The van der Waals surface area contributed by atoms with E-state index in [1.165, 1.54) is 4.90 Å². The number of aromatic hydroxyl groups is 1. The molecule has 0 spiro atoms. The normalized spacial score (nSPS) is 22.4. The lowest BCUT2D eigenvalue weighted by Crippen LogP contribution is -2.36. The Kier molecular flexibility index (Phi) is 5.14. The van der Waals surface area contributed by atoms with Gasteiger partial charge in [0.2, 0.25) is 0 Å². The van der Waals surface area contributed by atoms with Gasteiger partial charge >= 0.3 is 0 Å². The number of benzene rings is 2. The molecule has 1 atom stereocenters. The summed E-state index contributed by atoms with van der Waals surface area (Å²) in [6.45, 7) is 7.93. The molecule has 6 heteroatoms. The molecule has 2 heterocycles. The van der Waals surface area contributed by atoms with Crippen LogP contribution in [-0.4, -0.2) is 26.8 Å². The lowest BCUT2D eigenvalue weighted by Gasteiger charge is -2.36. The molecule has 0 bridgehead atoms. The number of thioether (sulfide) groups is 1. The number of amides is 2. The van der Waals surface area contributed by atoms with Crippen LogP contribution in [0.2, 0.25) is 0 Å². The van der Waals surface area contributed by atoms with Gasteiger partial charge in [0.25, 0.3) is 11.1 Å². The Morgan fingerprint density at radius 3 is 2.53 bits per heavy atom.